The van der Waals surface area contributed by atoms with Gasteiger partial charge in [-0.05, 0) is 35.8 Å². The summed E-state index contributed by atoms with van der Waals surface area (Å²) in [7, 11) is 1.66. The molecule has 0 fully saturated rings. The molecule has 0 amide bonds. The Labute approximate surface area is 146 Å². The molecule has 4 heteroatoms. The van der Waals surface area contributed by atoms with Crippen molar-refractivity contribution in [3.8, 4) is 11.8 Å². The van der Waals surface area contributed by atoms with Crippen LogP contribution in [0.25, 0.3) is 12.2 Å². The SMILES string of the molecule is COc1ccc(/C=C/C2=Cc3c(sc(N)c3C#N)C(C)(C)C2)cc1. The number of fused-ring (bicyclic) bond motifs is 1. The number of nitriles is 1. The van der Waals surface area contributed by atoms with Crippen LogP contribution in [0.5, 0.6) is 5.75 Å². The van der Waals surface area contributed by atoms with Gasteiger partial charge in [0.15, 0.2) is 0 Å². The molecule has 0 saturated heterocycles. The molecule has 0 radical (unpaired) electrons. The second kappa shape index (κ2) is 6.18. The Morgan fingerprint density at radius 3 is 2.58 bits per heavy atom. The lowest BCUT2D eigenvalue weighted by atomic mass is 9.77. The maximum absolute atomic E-state index is 9.39. The Morgan fingerprint density at radius 2 is 1.96 bits per heavy atom. The van der Waals surface area contributed by atoms with Crippen LogP contribution in [0.1, 0.15) is 41.8 Å². The first kappa shape index (κ1) is 16.4. The first-order valence-electron chi connectivity index (χ1n) is 7.80. The summed E-state index contributed by atoms with van der Waals surface area (Å²) in [5.41, 5.74) is 9.93. The zero-order valence-electron chi connectivity index (χ0n) is 14.1. The van der Waals surface area contributed by atoms with Gasteiger partial charge in [-0.2, -0.15) is 5.26 Å². The molecule has 3 nitrogen and oxygen atoms in total. The lowest BCUT2D eigenvalue weighted by Gasteiger charge is -2.29. The maximum atomic E-state index is 9.39. The summed E-state index contributed by atoms with van der Waals surface area (Å²) in [5, 5.41) is 10.0. The molecular weight excluding hydrogens is 316 g/mol. The summed E-state index contributed by atoms with van der Waals surface area (Å²) < 4.78 is 5.18. The van der Waals surface area contributed by atoms with E-state index < -0.39 is 0 Å². The van der Waals surface area contributed by atoms with Gasteiger partial charge in [0.1, 0.15) is 16.8 Å². The van der Waals surface area contributed by atoms with Crippen LogP contribution in [0, 0.1) is 11.3 Å². The topological polar surface area (TPSA) is 59.0 Å². The molecule has 0 spiro atoms. The lowest BCUT2D eigenvalue weighted by molar-refractivity contribution is 0.415. The van der Waals surface area contributed by atoms with E-state index in [0.29, 0.717) is 10.6 Å². The van der Waals surface area contributed by atoms with E-state index in [1.165, 1.54) is 10.5 Å². The molecule has 0 saturated carbocycles. The number of anilines is 1. The molecule has 24 heavy (non-hydrogen) atoms. The van der Waals surface area contributed by atoms with E-state index in [9.17, 15) is 5.26 Å². The number of nitrogens with two attached hydrogens (primary N) is 1. The van der Waals surface area contributed by atoms with Crippen molar-refractivity contribution >= 4 is 28.5 Å². The van der Waals surface area contributed by atoms with Gasteiger partial charge in [0.05, 0.1) is 12.7 Å². The Morgan fingerprint density at radius 1 is 1.25 bits per heavy atom. The highest BCUT2D eigenvalue weighted by Crippen LogP contribution is 2.46. The van der Waals surface area contributed by atoms with Crippen molar-refractivity contribution in [2.75, 3.05) is 12.8 Å². The van der Waals surface area contributed by atoms with Crippen LogP contribution >= 0.6 is 11.3 Å². The van der Waals surface area contributed by atoms with Crippen molar-refractivity contribution < 1.29 is 4.74 Å². The number of thiophene rings is 1. The van der Waals surface area contributed by atoms with Crippen LogP contribution in [0.4, 0.5) is 5.00 Å². The number of hydrogen-bond donors (Lipinski definition) is 1. The fourth-order valence-corrected chi connectivity index (χ4v) is 4.17. The number of methoxy groups -OCH3 is 1. The van der Waals surface area contributed by atoms with Crippen LogP contribution in [0.2, 0.25) is 0 Å². The molecule has 0 atom stereocenters. The maximum Gasteiger partial charge on any atom is 0.118 e. The summed E-state index contributed by atoms with van der Waals surface area (Å²) in [4.78, 5) is 1.21. The summed E-state index contributed by atoms with van der Waals surface area (Å²) in [6.45, 7) is 4.41. The monoisotopic (exact) mass is 336 g/mol. The normalized spacial score (nSPS) is 15.7. The molecule has 3 rings (SSSR count). The second-order valence-corrected chi connectivity index (χ2v) is 7.63. The summed E-state index contributed by atoms with van der Waals surface area (Å²) >= 11 is 1.54. The van der Waals surface area contributed by atoms with Gasteiger partial charge in [-0.15, -0.1) is 11.3 Å². The van der Waals surface area contributed by atoms with Crippen molar-refractivity contribution in [3.05, 3.63) is 57.5 Å². The molecule has 1 aromatic carbocycles. The molecule has 0 unspecified atom stereocenters. The highest BCUT2D eigenvalue weighted by atomic mass is 32.1. The Hall–Kier alpha value is -2.51. The quantitative estimate of drug-likeness (QED) is 0.859. The Balaban J connectivity index is 1.95. The summed E-state index contributed by atoms with van der Waals surface area (Å²) in [6, 6.07) is 10.2. The van der Waals surface area contributed by atoms with Gasteiger partial charge < -0.3 is 10.5 Å². The highest BCUT2D eigenvalue weighted by Gasteiger charge is 2.32. The highest BCUT2D eigenvalue weighted by molar-refractivity contribution is 7.16. The average molecular weight is 336 g/mol. The van der Waals surface area contributed by atoms with Crippen molar-refractivity contribution in [3.63, 3.8) is 0 Å². The van der Waals surface area contributed by atoms with Crippen LogP contribution in [-0.4, -0.2) is 7.11 Å². The minimum absolute atomic E-state index is 0.0163. The summed E-state index contributed by atoms with van der Waals surface area (Å²) in [5.74, 6) is 0.849. The lowest BCUT2D eigenvalue weighted by Crippen LogP contribution is -2.20. The first-order valence-corrected chi connectivity index (χ1v) is 8.62. The van der Waals surface area contributed by atoms with E-state index in [4.69, 9.17) is 10.5 Å². The van der Waals surface area contributed by atoms with Gasteiger partial charge in [0.25, 0.3) is 0 Å². The third-order valence-electron chi connectivity index (χ3n) is 4.28. The van der Waals surface area contributed by atoms with Gasteiger partial charge in [-0.25, -0.2) is 0 Å². The number of allylic oxidation sites excluding steroid dienone is 2. The molecule has 1 heterocycles. The number of ether oxygens (including phenoxy) is 1. The van der Waals surface area contributed by atoms with Gasteiger partial charge in [-0.3, -0.25) is 0 Å². The zero-order chi connectivity index (χ0) is 17.3. The number of benzene rings is 1. The van der Waals surface area contributed by atoms with Crippen molar-refractivity contribution in [2.45, 2.75) is 25.7 Å². The zero-order valence-corrected chi connectivity index (χ0v) is 14.9. The van der Waals surface area contributed by atoms with E-state index >= 15 is 0 Å². The van der Waals surface area contributed by atoms with Gasteiger partial charge in [0, 0.05) is 15.9 Å². The van der Waals surface area contributed by atoms with Crippen molar-refractivity contribution in [1.29, 1.82) is 5.26 Å². The predicted molar refractivity (Wildman–Crippen MR) is 101 cm³/mol. The third kappa shape index (κ3) is 2.95. The average Bonchev–Trinajstić information content (AvgIpc) is 2.89. The van der Waals surface area contributed by atoms with Crippen LogP contribution in [0.3, 0.4) is 0 Å². The molecule has 1 aliphatic carbocycles. The van der Waals surface area contributed by atoms with E-state index in [1.54, 1.807) is 18.4 Å². The van der Waals surface area contributed by atoms with E-state index in [1.807, 2.05) is 24.3 Å². The minimum atomic E-state index is -0.0163. The predicted octanol–water partition coefficient (Wildman–Crippen LogP) is 4.99. The molecule has 0 bridgehead atoms. The molecular formula is C20H20N2OS. The van der Waals surface area contributed by atoms with E-state index in [-0.39, 0.29) is 5.41 Å². The van der Waals surface area contributed by atoms with E-state index in [0.717, 1.165) is 23.3 Å². The van der Waals surface area contributed by atoms with Gasteiger partial charge >= 0.3 is 0 Å². The smallest absolute Gasteiger partial charge is 0.118 e. The van der Waals surface area contributed by atoms with E-state index in [2.05, 4.69) is 38.1 Å². The molecule has 1 aromatic heterocycles. The molecule has 2 N–H and O–H groups in total. The minimum Gasteiger partial charge on any atom is -0.497 e. The van der Waals surface area contributed by atoms with Crippen molar-refractivity contribution in [2.24, 2.45) is 0 Å². The van der Waals surface area contributed by atoms with Crippen molar-refractivity contribution in [1.82, 2.24) is 0 Å². The second-order valence-electron chi connectivity index (χ2n) is 6.58. The molecule has 2 aromatic rings. The standard InChI is InChI=1S/C20H20N2OS/c1-20(2)11-14(5-4-13-6-8-15(23-3)9-7-13)10-16-17(12-21)19(22)24-18(16)20/h4-10H,11,22H2,1-3H3/b5-4+. The number of nitrogens with zero attached hydrogens (tertiary/aromatic N) is 1. The third-order valence-corrected chi connectivity index (χ3v) is 5.68. The van der Waals surface area contributed by atoms with Crippen LogP contribution in [-0.2, 0) is 5.41 Å². The number of hydrogen-bond acceptors (Lipinski definition) is 4. The fourth-order valence-electron chi connectivity index (χ4n) is 3.07. The number of nitrogen functional groups attached to an aromatic ring is 1. The van der Waals surface area contributed by atoms with Crippen LogP contribution in [0.15, 0.2) is 35.9 Å². The molecule has 122 valence electrons. The Kier molecular flexibility index (Phi) is 4.21. The van der Waals surface area contributed by atoms with Gasteiger partial charge in [-0.1, -0.05) is 38.1 Å². The fraction of sp³-hybridized carbons (Fsp3) is 0.250. The largest absolute Gasteiger partial charge is 0.497 e. The molecule has 1 aliphatic rings. The number of rotatable bonds is 3. The first-order chi connectivity index (χ1) is 11.4. The Bertz CT molecular complexity index is 864. The molecule has 0 aliphatic heterocycles. The van der Waals surface area contributed by atoms with Crippen LogP contribution < -0.4 is 10.5 Å². The van der Waals surface area contributed by atoms with Gasteiger partial charge in [0.2, 0.25) is 0 Å². The summed E-state index contributed by atoms with van der Waals surface area (Å²) in [6.07, 6.45) is 7.25.